The summed E-state index contributed by atoms with van der Waals surface area (Å²) in [5, 5.41) is 0. The molecule has 0 aliphatic heterocycles. The summed E-state index contributed by atoms with van der Waals surface area (Å²) in [5.41, 5.74) is -0.664. The van der Waals surface area contributed by atoms with Crippen LogP contribution in [-0.2, 0) is 14.3 Å². The normalized spacial score (nSPS) is 19.8. The van der Waals surface area contributed by atoms with Crippen molar-refractivity contribution in [1.82, 2.24) is 0 Å². The highest BCUT2D eigenvalue weighted by molar-refractivity contribution is 6.03. The molecule has 1 rings (SSSR count). The highest BCUT2D eigenvalue weighted by atomic mass is 16.5. The third-order valence-electron chi connectivity index (χ3n) is 3.54. The maximum absolute atomic E-state index is 12.1. The fraction of sp³-hybridized carbons (Fsp3) is 0.846. The number of hydrogen-bond donors (Lipinski definition) is 0. The van der Waals surface area contributed by atoms with Crippen LogP contribution in [0, 0.1) is 5.92 Å². The van der Waals surface area contributed by atoms with E-state index in [2.05, 4.69) is 0 Å². The van der Waals surface area contributed by atoms with Crippen molar-refractivity contribution in [3.05, 3.63) is 0 Å². The maximum atomic E-state index is 12.1. The summed E-state index contributed by atoms with van der Waals surface area (Å²) in [6, 6.07) is 0. The number of methoxy groups -OCH3 is 1. The topological polar surface area (TPSA) is 43.4 Å². The summed E-state index contributed by atoms with van der Waals surface area (Å²) in [5.74, 6) is -0.0677. The van der Waals surface area contributed by atoms with Gasteiger partial charge >= 0.3 is 0 Å². The van der Waals surface area contributed by atoms with Crippen molar-refractivity contribution in [1.29, 1.82) is 0 Å². The van der Waals surface area contributed by atoms with Gasteiger partial charge in [-0.15, -0.1) is 0 Å². The highest BCUT2D eigenvalue weighted by Gasteiger charge is 2.39. The monoisotopic (exact) mass is 226 g/mol. The first-order chi connectivity index (χ1) is 7.52. The van der Waals surface area contributed by atoms with E-state index in [0.717, 1.165) is 32.1 Å². The molecule has 0 saturated heterocycles. The Morgan fingerprint density at radius 3 is 2.19 bits per heavy atom. The number of hydrogen-bond acceptors (Lipinski definition) is 3. The average Bonchev–Trinajstić information content (AvgIpc) is 2.29. The summed E-state index contributed by atoms with van der Waals surface area (Å²) < 4.78 is 5.42. The van der Waals surface area contributed by atoms with Crippen molar-refractivity contribution in [3.8, 4) is 0 Å². The van der Waals surface area contributed by atoms with E-state index >= 15 is 0 Å². The van der Waals surface area contributed by atoms with Crippen LogP contribution >= 0.6 is 0 Å². The molecule has 0 heterocycles. The third-order valence-corrected chi connectivity index (χ3v) is 3.54. The predicted octanol–water partition coefficient (Wildman–Crippen LogP) is 2.52. The van der Waals surface area contributed by atoms with Crippen LogP contribution in [0.1, 0.15) is 52.4 Å². The molecule has 0 amide bonds. The summed E-state index contributed by atoms with van der Waals surface area (Å²) in [4.78, 5) is 23.7. The molecule has 3 nitrogen and oxygen atoms in total. The van der Waals surface area contributed by atoms with Gasteiger partial charge in [-0.2, -0.15) is 0 Å². The zero-order chi connectivity index (χ0) is 12.2. The van der Waals surface area contributed by atoms with Crippen molar-refractivity contribution in [3.63, 3.8) is 0 Å². The van der Waals surface area contributed by atoms with E-state index in [1.807, 2.05) is 13.8 Å². The molecule has 1 saturated carbocycles. The molecule has 16 heavy (non-hydrogen) atoms. The molecule has 0 aromatic rings. The van der Waals surface area contributed by atoms with E-state index < -0.39 is 5.60 Å². The van der Waals surface area contributed by atoms with Gasteiger partial charge in [-0.1, -0.05) is 33.1 Å². The van der Waals surface area contributed by atoms with Crippen molar-refractivity contribution < 1.29 is 14.3 Å². The van der Waals surface area contributed by atoms with Gasteiger partial charge in [0.25, 0.3) is 0 Å². The molecule has 0 spiro atoms. The summed E-state index contributed by atoms with van der Waals surface area (Å²) in [7, 11) is 1.59. The van der Waals surface area contributed by atoms with Crippen LogP contribution in [0.15, 0.2) is 0 Å². The van der Waals surface area contributed by atoms with E-state index in [1.54, 1.807) is 7.11 Å². The third kappa shape index (κ3) is 2.91. The zero-order valence-corrected chi connectivity index (χ0v) is 10.5. The maximum Gasteiger partial charge on any atom is 0.171 e. The molecule has 1 fully saturated rings. The molecule has 0 N–H and O–H groups in total. The summed E-state index contributed by atoms with van der Waals surface area (Å²) in [6.45, 7) is 3.66. The Morgan fingerprint density at radius 2 is 1.75 bits per heavy atom. The molecule has 0 aromatic carbocycles. The average molecular weight is 226 g/mol. The minimum atomic E-state index is -0.664. The number of ether oxygens (including phenoxy) is 1. The molecule has 3 heteroatoms. The van der Waals surface area contributed by atoms with Gasteiger partial charge in [0.15, 0.2) is 5.78 Å². The van der Waals surface area contributed by atoms with Gasteiger partial charge in [0.2, 0.25) is 0 Å². The van der Waals surface area contributed by atoms with Gasteiger partial charge < -0.3 is 4.74 Å². The fourth-order valence-electron chi connectivity index (χ4n) is 2.24. The summed E-state index contributed by atoms with van der Waals surface area (Å²) in [6.07, 6.45) is 4.79. The van der Waals surface area contributed by atoms with E-state index in [0.29, 0.717) is 0 Å². The molecule has 92 valence electrons. The minimum absolute atomic E-state index is 0.0200. The van der Waals surface area contributed by atoms with Crippen molar-refractivity contribution in [2.75, 3.05) is 7.11 Å². The second kappa shape index (κ2) is 5.58. The van der Waals surface area contributed by atoms with E-state index in [4.69, 9.17) is 4.74 Å². The molecule has 1 aliphatic carbocycles. The second-order valence-corrected chi connectivity index (χ2v) is 4.98. The van der Waals surface area contributed by atoms with Crippen LogP contribution in [0.5, 0.6) is 0 Å². The van der Waals surface area contributed by atoms with E-state index in [9.17, 15) is 9.59 Å². The van der Waals surface area contributed by atoms with Crippen LogP contribution in [0.2, 0.25) is 0 Å². The Labute approximate surface area is 97.5 Å². The molecule has 0 radical (unpaired) electrons. The molecule has 0 atom stereocenters. The van der Waals surface area contributed by atoms with Gasteiger partial charge in [0.1, 0.15) is 11.4 Å². The van der Waals surface area contributed by atoms with Crippen molar-refractivity contribution >= 4 is 11.6 Å². The minimum Gasteiger partial charge on any atom is -0.370 e. The quantitative estimate of drug-likeness (QED) is 0.676. The standard InChI is InChI=1S/C13H22O3/c1-10(2)11(14)9-12(15)13(16-3)7-5-4-6-8-13/h10H,4-9H2,1-3H3. The van der Waals surface area contributed by atoms with Gasteiger partial charge in [0.05, 0.1) is 6.42 Å². The number of ketones is 2. The number of carbonyl (C=O) groups excluding carboxylic acids is 2. The molecule has 0 bridgehead atoms. The van der Waals surface area contributed by atoms with Crippen LogP contribution < -0.4 is 0 Å². The molecular weight excluding hydrogens is 204 g/mol. The number of carbonyl (C=O) groups is 2. The number of rotatable bonds is 5. The Kier molecular flexibility index (Phi) is 4.66. The van der Waals surface area contributed by atoms with Gasteiger partial charge in [-0.25, -0.2) is 0 Å². The van der Waals surface area contributed by atoms with Crippen LogP contribution in [-0.4, -0.2) is 24.3 Å². The van der Waals surface area contributed by atoms with Crippen LogP contribution in [0.4, 0.5) is 0 Å². The molecule has 0 aromatic heterocycles. The first-order valence-electron chi connectivity index (χ1n) is 6.13. The SMILES string of the molecule is COC1(C(=O)CC(=O)C(C)C)CCCCC1. The Hall–Kier alpha value is -0.700. The van der Waals surface area contributed by atoms with E-state index in [1.165, 1.54) is 0 Å². The van der Waals surface area contributed by atoms with Crippen LogP contribution in [0.3, 0.4) is 0 Å². The predicted molar refractivity (Wildman–Crippen MR) is 62.3 cm³/mol. The lowest BCUT2D eigenvalue weighted by atomic mass is 9.79. The molecular formula is C13H22O3. The lowest BCUT2D eigenvalue weighted by Gasteiger charge is -2.34. The first-order valence-corrected chi connectivity index (χ1v) is 6.13. The van der Waals surface area contributed by atoms with Crippen LogP contribution in [0.25, 0.3) is 0 Å². The van der Waals surface area contributed by atoms with Gasteiger partial charge in [0, 0.05) is 13.0 Å². The Bertz CT molecular complexity index is 262. The first kappa shape index (κ1) is 13.4. The van der Waals surface area contributed by atoms with Gasteiger partial charge in [-0.3, -0.25) is 9.59 Å². The van der Waals surface area contributed by atoms with Crippen molar-refractivity contribution in [2.24, 2.45) is 5.92 Å². The summed E-state index contributed by atoms with van der Waals surface area (Å²) >= 11 is 0. The highest BCUT2D eigenvalue weighted by Crippen LogP contribution is 2.33. The molecule has 0 unspecified atom stereocenters. The van der Waals surface area contributed by atoms with Gasteiger partial charge in [-0.05, 0) is 12.8 Å². The Balaban J connectivity index is 2.65. The second-order valence-electron chi connectivity index (χ2n) is 4.98. The van der Waals surface area contributed by atoms with E-state index in [-0.39, 0.29) is 23.9 Å². The fourth-order valence-corrected chi connectivity index (χ4v) is 2.24. The molecule has 1 aliphatic rings. The smallest absolute Gasteiger partial charge is 0.171 e. The lowest BCUT2D eigenvalue weighted by Crippen LogP contribution is -2.43. The van der Waals surface area contributed by atoms with Crippen molar-refractivity contribution in [2.45, 2.75) is 58.0 Å². The lowest BCUT2D eigenvalue weighted by molar-refractivity contribution is -0.147. The number of Topliss-reactive ketones (excluding diaryl/α,β-unsaturated/α-hetero) is 2. The Morgan fingerprint density at radius 1 is 1.19 bits per heavy atom. The zero-order valence-electron chi connectivity index (χ0n) is 10.5. The largest absolute Gasteiger partial charge is 0.370 e.